The van der Waals surface area contributed by atoms with Gasteiger partial charge in [-0.15, -0.1) is 0 Å². The van der Waals surface area contributed by atoms with Crippen molar-refractivity contribution in [3.05, 3.63) is 29.3 Å². The van der Waals surface area contributed by atoms with Gasteiger partial charge in [0.05, 0.1) is 32.0 Å². The zero-order valence-electron chi connectivity index (χ0n) is 16.0. The van der Waals surface area contributed by atoms with Gasteiger partial charge in [0, 0.05) is 6.08 Å². The van der Waals surface area contributed by atoms with Crippen LogP contribution in [0.1, 0.15) is 49.5 Å². The molecule has 142 valence electrons. The molecule has 1 fully saturated rings. The summed E-state index contributed by atoms with van der Waals surface area (Å²) in [6.45, 7) is 5.96. The lowest BCUT2D eigenvalue weighted by Gasteiger charge is -2.18. The summed E-state index contributed by atoms with van der Waals surface area (Å²) in [5, 5.41) is 0. The van der Waals surface area contributed by atoms with Crippen molar-refractivity contribution < 1.29 is 28.5 Å². The molecule has 0 radical (unpaired) electrons. The highest BCUT2D eigenvalue weighted by atomic mass is 16.6. The normalized spacial score (nSPS) is 14.2. The summed E-state index contributed by atoms with van der Waals surface area (Å²) in [7, 11) is 2.81. The third-order valence-corrected chi connectivity index (χ3v) is 3.71. The first-order valence-corrected chi connectivity index (χ1v) is 8.57. The van der Waals surface area contributed by atoms with Crippen molar-refractivity contribution >= 4 is 18.0 Å². The molecule has 1 aliphatic rings. The predicted octanol–water partition coefficient (Wildman–Crippen LogP) is 3.63. The molecule has 0 aliphatic heterocycles. The number of hydrogen-bond acceptors (Lipinski definition) is 6. The van der Waals surface area contributed by atoms with Gasteiger partial charge in [-0.2, -0.15) is 0 Å². The van der Waals surface area contributed by atoms with Crippen molar-refractivity contribution in [1.29, 1.82) is 0 Å². The first kappa shape index (κ1) is 19.8. The van der Waals surface area contributed by atoms with Crippen LogP contribution in [-0.4, -0.2) is 38.4 Å². The van der Waals surface area contributed by atoms with Gasteiger partial charge >= 0.3 is 11.9 Å². The van der Waals surface area contributed by atoms with Crippen molar-refractivity contribution in [2.75, 3.05) is 20.8 Å². The van der Waals surface area contributed by atoms with Crippen LogP contribution in [0.5, 0.6) is 11.5 Å². The van der Waals surface area contributed by atoms with E-state index in [1.165, 1.54) is 20.3 Å². The summed E-state index contributed by atoms with van der Waals surface area (Å²) >= 11 is 0. The van der Waals surface area contributed by atoms with Crippen LogP contribution >= 0.6 is 0 Å². The van der Waals surface area contributed by atoms with Gasteiger partial charge in [-0.1, -0.05) is 0 Å². The van der Waals surface area contributed by atoms with Gasteiger partial charge in [-0.05, 0) is 57.7 Å². The Labute approximate surface area is 154 Å². The van der Waals surface area contributed by atoms with Crippen LogP contribution in [0.15, 0.2) is 18.2 Å². The molecule has 1 aliphatic carbocycles. The number of carbonyl (C=O) groups excluding carboxylic acids is 2. The minimum Gasteiger partial charge on any atom is -0.496 e. The lowest BCUT2D eigenvalue weighted by Crippen LogP contribution is -2.22. The van der Waals surface area contributed by atoms with Crippen LogP contribution in [0, 0.1) is 5.92 Å². The highest BCUT2D eigenvalue weighted by Crippen LogP contribution is 2.35. The number of methoxy groups -OCH3 is 2. The van der Waals surface area contributed by atoms with E-state index in [1.54, 1.807) is 39.0 Å². The number of benzene rings is 1. The molecule has 0 aromatic heterocycles. The van der Waals surface area contributed by atoms with E-state index in [0.717, 1.165) is 12.8 Å². The predicted molar refractivity (Wildman–Crippen MR) is 97.4 cm³/mol. The second-order valence-electron chi connectivity index (χ2n) is 7.20. The maximum absolute atomic E-state index is 12.0. The molecule has 0 saturated heterocycles. The lowest BCUT2D eigenvalue weighted by molar-refractivity contribution is -0.148. The molecule has 26 heavy (non-hydrogen) atoms. The molecule has 0 bridgehead atoms. The lowest BCUT2D eigenvalue weighted by atomic mass is 10.1. The Hall–Kier alpha value is -2.50. The molecule has 1 aromatic carbocycles. The van der Waals surface area contributed by atoms with E-state index in [0.29, 0.717) is 35.2 Å². The third-order valence-electron chi connectivity index (χ3n) is 3.71. The van der Waals surface area contributed by atoms with Gasteiger partial charge in [0.25, 0.3) is 0 Å². The fourth-order valence-corrected chi connectivity index (χ4v) is 2.27. The second kappa shape index (κ2) is 8.25. The topological polar surface area (TPSA) is 71.1 Å². The fraction of sp³-hybridized carbons (Fsp3) is 0.500. The largest absolute Gasteiger partial charge is 0.496 e. The van der Waals surface area contributed by atoms with E-state index in [9.17, 15) is 9.59 Å². The van der Waals surface area contributed by atoms with Crippen LogP contribution in [0.3, 0.4) is 0 Å². The average Bonchev–Trinajstić information content (AvgIpc) is 3.39. The summed E-state index contributed by atoms with van der Waals surface area (Å²) in [6.07, 6.45) is 5.18. The van der Waals surface area contributed by atoms with Gasteiger partial charge in [-0.3, -0.25) is 0 Å². The zero-order chi connectivity index (χ0) is 19.3. The summed E-state index contributed by atoms with van der Waals surface area (Å²) < 4.78 is 21.3. The van der Waals surface area contributed by atoms with Gasteiger partial charge in [0.2, 0.25) is 0 Å². The number of rotatable bonds is 7. The first-order chi connectivity index (χ1) is 12.2. The molecule has 1 aromatic rings. The van der Waals surface area contributed by atoms with E-state index in [4.69, 9.17) is 18.9 Å². The average molecular weight is 362 g/mol. The quantitative estimate of drug-likeness (QED) is 0.545. The van der Waals surface area contributed by atoms with Crippen LogP contribution in [0.25, 0.3) is 6.08 Å². The van der Waals surface area contributed by atoms with E-state index < -0.39 is 17.5 Å². The Balaban J connectivity index is 2.33. The minimum absolute atomic E-state index is 0.324. The Kier molecular flexibility index (Phi) is 6.29. The molecule has 2 rings (SSSR count). The van der Waals surface area contributed by atoms with Crippen LogP contribution < -0.4 is 9.47 Å². The van der Waals surface area contributed by atoms with Crippen molar-refractivity contribution in [3.8, 4) is 11.5 Å². The van der Waals surface area contributed by atoms with Gasteiger partial charge in [-0.25, -0.2) is 9.59 Å². The van der Waals surface area contributed by atoms with Crippen LogP contribution in [-0.2, 0) is 14.3 Å². The molecular weight excluding hydrogens is 336 g/mol. The molecule has 6 heteroatoms. The van der Waals surface area contributed by atoms with Crippen molar-refractivity contribution in [2.45, 2.75) is 39.2 Å². The Morgan fingerprint density at radius 1 is 1.15 bits per heavy atom. The Morgan fingerprint density at radius 2 is 1.81 bits per heavy atom. The van der Waals surface area contributed by atoms with Crippen LogP contribution in [0.2, 0.25) is 0 Å². The zero-order valence-corrected chi connectivity index (χ0v) is 16.0. The monoisotopic (exact) mass is 362 g/mol. The maximum atomic E-state index is 12.0. The first-order valence-electron chi connectivity index (χ1n) is 8.57. The van der Waals surface area contributed by atoms with E-state index in [-0.39, 0.29) is 0 Å². The van der Waals surface area contributed by atoms with E-state index in [1.807, 2.05) is 0 Å². The molecule has 1 saturated carbocycles. The van der Waals surface area contributed by atoms with Crippen LogP contribution in [0.4, 0.5) is 0 Å². The summed E-state index contributed by atoms with van der Waals surface area (Å²) in [5.41, 5.74) is 0.321. The van der Waals surface area contributed by atoms with Crippen molar-refractivity contribution in [1.82, 2.24) is 0 Å². The van der Waals surface area contributed by atoms with E-state index >= 15 is 0 Å². The summed E-state index contributed by atoms with van der Waals surface area (Å²) in [6, 6.07) is 3.16. The number of esters is 2. The number of hydrogen-bond donors (Lipinski definition) is 0. The van der Waals surface area contributed by atoms with E-state index in [2.05, 4.69) is 0 Å². The standard InChI is InChI=1S/C20H26O6/c1-20(2,3)26-18(21)9-8-15-16(23-4)10-14(19(22)24-5)11-17(15)25-12-13-6-7-13/h8-11,13H,6-7,12H2,1-5H3/b9-8+. The molecule has 0 atom stereocenters. The third kappa shape index (κ3) is 5.79. The summed E-state index contributed by atoms with van der Waals surface area (Å²) in [5.74, 6) is 0.465. The highest BCUT2D eigenvalue weighted by Gasteiger charge is 2.24. The SMILES string of the molecule is COC(=O)c1cc(OC)c(/C=C/C(=O)OC(C)(C)C)c(OCC2CC2)c1. The van der Waals surface area contributed by atoms with Crippen molar-refractivity contribution in [2.24, 2.45) is 5.92 Å². The molecular formula is C20H26O6. The summed E-state index contributed by atoms with van der Waals surface area (Å²) in [4.78, 5) is 23.9. The molecule has 0 N–H and O–H groups in total. The van der Waals surface area contributed by atoms with Gasteiger partial charge in [0.15, 0.2) is 0 Å². The molecule has 0 spiro atoms. The fourth-order valence-electron chi connectivity index (χ4n) is 2.27. The molecule has 6 nitrogen and oxygen atoms in total. The van der Waals surface area contributed by atoms with Crippen molar-refractivity contribution in [3.63, 3.8) is 0 Å². The number of carbonyl (C=O) groups is 2. The number of ether oxygens (including phenoxy) is 4. The highest BCUT2D eigenvalue weighted by molar-refractivity contribution is 5.93. The second-order valence-corrected chi connectivity index (χ2v) is 7.20. The minimum atomic E-state index is -0.578. The molecule has 0 amide bonds. The Morgan fingerprint density at radius 3 is 2.35 bits per heavy atom. The van der Waals surface area contributed by atoms with Gasteiger partial charge in [0.1, 0.15) is 17.1 Å². The molecule has 0 unspecified atom stereocenters. The maximum Gasteiger partial charge on any atom is 0.338 e. The smallest absolute Gasteiger partial charge is 0.338 e. The molecule has 0 heterocycles. The Bertz CT molecular complexity index is 695. The van der Waals surface area contributed by atoms with Gasteiger partial charge < -0.3 is 18.9 Å².